The van der Waals surface area contributed by atoms with E-state index < -0.39 is 9.84 Å². The molecule has 0 radical (unpaired) electrons. The van der Waals surface area contributed by atoms with Crippen LogP contribution in [0.1, 0.15) is 11.7 Å². The highest BCUT2D eigenvalue weighted by molar-refractivity contribution is 7.90. The van der Waals surface area contributed by atoms with Crippen LogP contribution in [0.4, 0.5) is 0 Å². The zero-order valence-corrected chi connectivity index (χ0v) is 12.9. The van der Waals surface area contributed by atoms with Crippen molar-refractivity contribution in [2.45, 2.75) is 17.3 Å². The Morgan fingerprint density at radius 2 is 2.27 bits per heavy atom. The maximum absolute atomic E-state index is 11.7. The standard InChI is InChI=1S/C13H14N4O4S/c1-20-11-7-21-6-10(11)17-9(4-14)3-8-5-15-13(16-12(8)17)22(2,18)19/h3,5,10-11H,6-7H2,1-2H3/t10-,11-/m1/s1. The van der Waals surface area contributed by atoms with Gasteiger partial charge in [0, 0.05) is 24.9 Å². The molecule has 0 unspecified atom stereocenters. The summed E-state index contributed by atoms with van der Waals surface area (Å²) in [5.74, 6) is 0. The van der Waals surface area contributed by atoms with Crippen molar-refractivity contribution in [2.24, 2.45) is 0 Å². The lowest BCUT2D eigenvalue weighted by Gasteiger charge is -2.19. The van der Waals surface area contributed by atoms with Gasteiger partial charge in [0.2, 0.25) is 15.0 Å². The number of rotatable bonds is 3. The largest absolute Gasteiger partial charge is 0.377 e. The van der Waals surface area contributed by atoms with E-state index in [0.29, 0.717) is 29.9 Å². The molecule has 0 N–H and O–H groups in total. The predicted molar refractivity (Wildman–Crippen MR) is 76.0 cm³/mol. The number of sulfone groups is 1. The van der Waals surface area contributed by atoms with Crippen LogP contribution in [0.15, 0.2) is 17.4 Å². The van der Waals surface area contributed by atoms with Crippen molar-refractivity contribution in [3.8, 4) is 6.07 Å². The lowest BCUT2D eigenvalue weighted by Crippen LogP contribution is -2.25. The molecule has 1 fully saturated rings. The number of fused-ring (bicyclic) bond motifs is 1. The van der Waals surface area contributed by atoms with Crippen LogP contribution in [0.5, 0.6) is 0 Å². The topological polar surface area (TPSA) is 107 Å². The second kappa shape index (κ2) is 5.31. The van der Waals surface area contributed by atoms with Crippen molar-refractivity contribution in [2.75, 3.05) is 26.6 Å². The van der Waals surface area contributed by atoms with Crippen molar-refractivity contribution >= 4 is 20.9 Å². The predicted octanol–water partition coefficient (Wildman–Crippen LogP) is 0.293. The Hall–Kier alpha value is -2.02. The first-order valence-corrected chi connectivity index (χ1v) is 8.43. The van der Waals surface area contributed by atoms with E-state index in [9.17, 15) is 13.7 Å². The molecule has 1 saturated heterocycles. The number of aromatic nitrogens is 3. The van der Waals surface area contributed by atoms with Crippen LogP contribution in [-0.4, -0.2) is 55.6 Å². The maximum Gasteiger partial charge on any atom is 0.248 e. The minimum Gasteiger partial charge on any atom is -0.377 e. The summed E-state index contributed by atoms with van der Waals surface area (Å²) in [6, 6.07) is 3.49. The minimum absolute atomic E-state index is 0.223. The van der Waals surface area contributed by atoms with Crippen molar-refractivity contribution in [1.29, 1.82) is 5.26 Å². The highest BCUT2D eigenvalue weighted by atomic mass is 32.2. The van der Waals surface area contributed by atoms with Gasteiger partial charge in [-0.1, -0.05) is 0 Å². The van der Waals surface area contributed by atoms with Gasteiger partial charge in [0.1, 0.15) is 23.5 Å². The molecule has 22 heavy (non-hydrogen) atoms. The molecule has 2 aromatic rings. The Morgan fingerprint density at radius 3 is 2.91 bits per heavy atom. The molecule has 116 valence electrons. The fourth-order valence-corrected chi connectivity index (χ4v) is 3.08. The molecule has 1 aliphatic rings. The Labute approximate surface area is 127 Å². The Balaban J connectivity index is 2.25. The summed E-state index contributed by atoms with van der Waals surface area (Å²) < 4.78 is 35.8. The van der Waals surface area contributed by atoms with E-state index in [1.165, 1.54) is 6.20 Å². The molecule has 0 aliphatic carbocycles. The van der Waals surface area contributed by atoms with Gasteiger partial charge < -0.3 is 14.0 Å². The third-order valence-electron chi connectivity index (χ3n) is 3.63. The minimum atomic E-state index is -3.53. The van der Waals surface area contributed by atoms with E-state index in [0.717, 1.165) is 6.26 Å². The molecular weight excluding hydrogens is 308 g/mol. The molecular formula is C13H14N4O4S. The molecule has 2 atom stereocenters. The molecule has 1 aliphatic heterocycles. The number of hydrogen-bond acceptors (Lipinski definition) is 7. The Bertz CT molecular complexity index is 868. The quantitative estimate of drug-likeness (QED) is 0.747. The molecule has 0 saturated carbocycles. The van der Waals surface area contributed by atoms with E-state index in [1.807, 2.05) is 0 Å². The number of nitriles is 1. The highest BCUT2D eigenvalue weighted by Gasteiger charge is 2.33. The summed E-state index contributed by atoms with van der Waals surface area (Å²) in [4.78, 5) is 7.98. The zero-order valence-electron chi connectivity index (χ0n) is 12.1. The number of nitrogens with zero attached hydrogens (tertiary/aromatic N) is 4. The van der Waals surface area contributed by atoms with Crippen LogP contribution in [0.3, 0.4) is 0 Å². The van der Waals surface area contributed by atoms with Crippen LogP contribution >= 0.6 is 0 Å². The molecule has 3 rings (SSSR count). The number of hydrogen-bond donors (Lipinski definition) is 0. The fraction of sp³-hybridized carbons (Fsp3) is 0.462. The van der Waals surface area contributed by atoms with Crippen LogP contribution in [0.25, 0.3) is 11.0 Å². The average molecular weight is 322 g/mol. The Morgan fingerprint density at radius 1 is 1.50 bits per heavy atom. The molecule has 8 nitrogen and oxygen atoms in total. The van der Waals surface area contributed by atoms with E-state index in [1.54, 1.807) is 17.7 Å². The lowest BCUT2D eigenvalue weighted by atomic mass is 10.2. The van der Waals surface area contributed by atoms with Gasteiger partial charge in [-0.3, -0.25) is 0 Å². The van der Waals surface area contributed by atoms with E-state index in [2.05, 4.69) is 16.0 Å². The SMILES string of the molecule is CO[C@@H]1COC[C@H]1n1c(C#N)cc2cnc(S(C)(=O)=O)nc21. The number of ether oxygens (including phenoxy) is 2. The van der Waals surface area contributed by atoms with Gasteiger partial charge in [0.25, 0.3) is 0 Å². The third kappa shape index (κ3) is 2.35. The van der Waals surface area contributed by atoms with Crippen LogP contribution in [0, 0.1) is 11.3 Å². The maximum atomic E-state index is 11.7. The molecule has 0 bridgehead atoms. The summed E-state index contributed by atoms with van der Waals surface area (Å²) >= 11 is 0. The number of methoxy groups -OCH3 is 1. The van der Waals surface area contributed by atoms with Crippen LogP contribution in [0.2, 0.25) is 0 Å². The first kappa shape index (κ1) is 14.9. The fourth-order valence-electron chi connectivity index (χ4n) is 2.58. The smallest absolute Gasteiger partial charge is 0.248 e. The lowest BCUT2D eigenvalue weighted by molar-refractivity contribution is 0.0690. The van der Waals surface area contributed by atoms with Crippen LogP contribution in [-0.2, 0) is 19.3 Å². The second-order valence-corrected chi connectivity index (χ2v) is 7.00. The van der Waals surface area contributed by atoms with E-state index in [4.69, 9.17) is 9.47 Å². The average Bonchev–Trinajstić information content (AvgIpc) is 3.08. The van der Waals surface area contributed by atoms with Gasteiger partial charge >= 0.3 is 0 Å². The molecule has 9 heteroatoms. The molecule has 0 spiro atoms. The molecule has 0 aromatic carbocycles. The van der Waals surface area contributed by atoms with Gasteiger partial charge in [0.15, 0.2) is 0 Å². The van der Waals surface area contributed by atoms with Gasteiger partial charge in [-0.05, 0) is 6.07 Å². The van der Waals surface area contributed by atoms with E-state index in [-0.39, 0.29) is 17.3 Å². The summed E-state index contributed by atoms with van der Waals surface area (Å²) in [6.07, 6.45) is 2.23. The summed E-state index contributed by atoms with van der Waals surface area (Å²) in [5.41, 5.74) is 0.761. The highest BCUT2D eigenvalue weighted by Crippen LogP contribution is 2.29. The van der Waals surface area contributed by atoms with Gasteiger partial charge in [-0.2, -0.15) is 10.2 Å². The van der Waals surface area contributed by atoms with Gasteiger partial charge in [-0.25, -0.2) is 13.4 Å². The monoisotopic (exact) mass is 322 g/mol. The second-order valence-electron chi connectivity index (χ2n) is 5.09. The van der Waals surface area contributed by atoms with Crippen LogP contribution < -0.4 is 0 Å². The molecule has 0 amide bonds. The van der Waals surface area contributed by atoms with Gasteiger partial charge in [-0.15, -0.1) is 0 Å². The first-order chi connectivity index (χ1) is 10.5. The normalized spacial score (nSPS) is 22.0. The zero-order chi connectivity index (χ0) is 15.9. The third-order valence-corrected chi connectivity index (χ3v) is 4.49. The summed E-state index contributed by atoms with van der Waals surface area (Å²) in [7, 11) is -1.96. The van der Waals surface area contributed by atoms with Crippen molar-refractivity contribution in [3.63, 3.8) is 0 Å². The van der Waals surface area contributed by atoms with Crippen molar-refractivity contribution in [1.82, 2.24) is 14.5 Å². The van der Waals surface area contributed by atoms with Crippen molar-refractivity contribution < 1.29 is 17.9 Å². The van der Waals surface area contributed by atoms with Gasteiger partial charge in [0.05, 0.1) is 19.3 Å². The van der Waals surface area contributed by atoms with E-state index >= 15 is 0 Å². The van der Waals surface area contributed by atoms with Crippen molar-refractivity contribution in [3.05, 3.63) is 18.0 Å². The summed E-state index contributed by atoms with van der Waals surface area (Å²) in [6.45, 7) is 0.783. The first-order valence-electron chi connectivity index (χ1n) is 6.54. The Kier molecular flexibility index (Phi) is 3.60. The molecule has 2 aromatic heterocycles. The summed E-state index contributed by atoms with van der Waals surface area (Å²) in [5, 5.41) is 9.68. The molecule has 3 heterocycles.